The van der Waals surface area contributed by atoms with E-state index < -0.39 is 17.9 Å². The van der Waals surface area contributed by atoms with Gasteiger partial charge in [0.15, 0.2) is 23.0 Å². The van der Waals surface area contributed by atoms with Crippen molar-refractivity contribution in [1.29, 1.82) is 0 Å². The lowest BCUT2D eigenvalue weighted by Crippen LogP contribution is -2.36. The van der Waals surface area contributed by atoms with Gasteiger partial charge in [-0.25, -0.2) is 0 Å². The van der Waals surface area contributed by atoms with Gasteiger partial charge in [-0.15, -0.1) is 0 Å². The fourth-order valence-corrected chi connectivity index (χ4v) is 3.00. The fourth-order valence-electron chi connectivity index (χ4n) is 3.00. The molecule has 0 saturated heterocycles. The van der Waals surface area contributed by atoms with E-state index in [1.54, 1.807) is 36.4 Å². The molecule has 0 bridgehead atoms. The van der Waals surface area contributed by atoms with Crippen LogP contribution in [-0.4, -0.2) is 43.5 Å². The molecule has 152 valence electrons. The lowest BCUT2D eigenvalue weighted by atomic mass is 10.1. The predicted octanol–water partition coefficient (Wildman–Crippen LogP) is 1.36. The molecule has 0 fully saturated rings. The molecule has 1 unspecified atom stereocenters. The molecular weight excluding hydrogens is 380 g/mol. The summed E-state index contributed by atoms with van der Waals surface area (Å²) in [4.78, 5) is 24.1. The summed E-state index contributed by atoms with van der Waals surface area (Å²) in [6.07, 6.45) is -0.575. The normalized spacial score (nSPS) is 14.8. The van der Waals surface area contributed by atoms with Crippen molar-refractivity contribution in [2.24, 2.45) is 0 Å². The SMILES string of the molecule is O=C(NCCC(O)c1ccc2c(c1)OCO2)C(=O)Nc1ccc2c(c1)OCCO2. The van der Waals surface area contributed by atoms with Crippen molar-refractivity contribution in [2.45, 2.75) is 12.5 Å². The molecular formula is C20H20N2O7. The number of aliphatic hydroxyl groups is 1. The maximum absolute atomic E-state index is 12.1. The van der Waals surface area contributed by atoms with Gasteiger partial charge >= 0.3 is 11.8 Å². The average Bonchev–Trinajstić information content (AvgIpc) is 3.21. The van der Waals surface area contributed by atoms with Gasteiger partial charge in [-0.2, -0.15) is 0 Å². The molecule has 0 spiro atoms. The van der Waals surface area contributed by atoms with Crippen LogP contribution in [0.4, 0.5) is 5.69 Å². The second-order valence-electron chi connectivity index (χ2n) is 6.49. The van der Waals surface area contributed by atoms with Crippen LogP contribution in [0.15, 0.2) is 36.4 Å². The summed E-state index contributed by atoms with van der Waals surface area (Å²) >= 11 is 0. The molecule has 2 aliphatic rings. The van der Waals surface area contributed by atoms with Crippen LogP contribution in [0.1, 0.15) is 18.1 Å². The van der Waals surface area contributed by atoms with Crippen LogP contribution >= 0.6 is 0 Å². The maximum atomic E-state index is 12.1. The highest BCUT2D eigenvalue weighted by Crippen LogP contribution is 2.35. The van der Waals surface area contributed by atoms with Crippen molar-refractivity contribution >= 4 is 17.5 Å². The Morgan fingerprint density at radius 2 is 1.59 bits per heavy atom. The zero-order valence-electron chi connectivity index (χ0n) is 15.5. The van der Waals surface area contributed by atoms with Gasteiger partial charge < -0.3 is 34.7 Å². The summed E-state index contributed by atoms with van der Waals surface area (Å²) in [5.74, 6) is 0.712. The van der Waals surface area contributed by atoms with Gasteiger partial charge in [0, 0.05) is 18.3 Å². The summed E-state index contributed by atoms with van der Waals surface area (Å²) < 4.78 is 21.4. The van der Waals surface area contributed by atoms with E-state index in [0.29, 0.717) is 47.5 Å². The number of anilines is 1. The van der Waals surface area contributed by atoms with Crippen molar-refractivity contribution in [1.82, 2.24) is 5.32 Å². The predicted molar refractivity (Wildman–Crippen MR) is 101 cm³/mol. The molecule has 0 aliphatic carbocycles. The Bertz CT molecular complexity index is 931. The minimum atomic E-state index is -0.814. The van der Waals surface area contributed by atoms with E-state index in [0.717, 1.165) is 0 Å². The number of fused-ring (bicyclic) bond motifs is 2. The Morgan fingerprint density at radius 1 is 0.897 bits per heavy atom. The molecule has 2 aliphatic heterocycles. The second-order valence-corrected chi connectivity index (χ2v) is 6.49. The minimum Gasteiger partial charge on any atom is -0.486 e. The van der Waals surface area contributed by atoms with Crippen molar-refractivity contribution < 1.29 is 33.6 Å². The lowest BCUT2D eigenvalue weighted by molar-refractivity contribution is -0.136. The van der Waals surface area contributed by atoms with Crippen LogP contribution in [0.3, 0.4) is 0 Å². The lowest BCUT2D eigenvalue weighted by Gasteiger charge is -2.19. The largest absolute Gasteiger partial charge is 0.486 e. The molecule has 0 radical (unpaired) electrons. The number of carbonyl (C=O) groups excluding carboxylic acids is 2. The number of amides is 2. The van der Waals surface area contributed by atoms with E-state index in [1.807, 2.05) is 0 Å². The molecule has 9 nitrogen and oxygen atoms in total. The molecule has 3 N–H and O–H groups in total. The molecule has 4 rings (SSSR count). The summed E-state index contributed by atoms with van der Waals surface area (Å²) in [6, 6.07) is 10.0. The smallest absolute Gasteiger partial charge is 0.313 e. The highest BCUT2D eigenvalue weighted by Gasteiger charge is 2.19. The van der Waals surface area contributed by atoms with Crippen LogP contribution < -0.4 is 29.6 Å². The summed E-state index contributed by atoms with van der Waals surface area (Å²) in [6.45, 7) is 1.18. The summed E-state index contributed by atoms with van der Waals surface area (Å²) in [5.41, 5.74) is 1.07. The molecule has 29 heavy (non-hydrogen) atoms. The number of nitrogens with one attached hydrogen (secondary N) is 2. The van der Waals surface area contributed by atoms with E-state index in [2.05, 4.69) is 10.6 Å². The van der Waals surface area contributed by atoms with E-state index >= 15 is 0 Å². The molecule has 9 heteroatoms. The first-order valence-corrected chi connectivity index (χ1v) is 9.16. The third-order valence-corrected chi connectivity index (χ3v) is 4.49. The van der Waals surface area contributed by atoms with Gasteiger partial charge in [-0.3, -0.25) is 9.59 Å². The monoisotopic (exact) mass is 400 g/mol. The molecule has 2 aromatic rings. The third-order valence-electron chi connectivity index (χ3n) is 4.49. The number of aliphatic hydroxyl groups excluding tert-OH is 1. The summed E-state index contributed by atoms with van der Waals surface area (Å²) in [5, 5.41) is 15.3. The number of hydrogen-bond acceptors (Lipinski definition) is 7. The zero-order valence-corrected chi connectivity index (χ0v) is 15.5. The number of hydrogen-bond donors (Lipinski definition) is 3. The third kappa shape index (κ3) is 4.35. The average molecular weight is 400 g/mol. The Labute approximate surface area is 166 Å². The number of benzene rings is 2. The minimum absolute atomic E-state index is 0.128. The Morgan fingerprint density at radius 3 is 2.45 bits per heavy atom. The zero-order chi connectivity index (χ0) is 20.2. The first-order chi connectivity index (χ1) is 14.1. The fraction of sp³-hybridized carbons (Fsp3) is 0.300. The van der Waals surface area contributed by atoms with E-state index in [1.165, 1.54) is 0 Å². The number of rotatable bonds is 5. The summed E-state index contributed by atoms with van der Waals surface area (Å²) in [7, 11) is 0. The van der Waals surface area contributed by atoms with Gasteiger partial charge in [-0.05, 0) is 36.2 Å². The van der Waals surface area contributed by atoms with Gasteiger partial charge in [0.25, 0.3) is 0 Å². The number of ether oxygens (including phenoxy) is 4. The van der Waals surface area contributed by atoms with Crippen molar-refractivity contribution in [3.05, 3.63) is 42.0 Å². The Balaban J connectivity index is 1.25. The highest BCUT2D eigenvalue weighted by atomic mass is 16.7. The van der Waals surface area contributed by atoms with Gasteiger partial charge in [0.05, 0.1) is 6.10 Å². The molecule has 2 aromatic carbocycles. The first-order valence-electron chi connectivity index (χ1n) is 9.16. The second kappa shape index (κ2) is 8.27. The van der Waals surface area contributed by atoms with Crippen molar-refractivity contribution in [2.75, 3.05) is 31.9 Å². The quantitative estimate of drug-likeness (QED) is 0.649. The van der Waals surface area contributed by atoms with E-state index in [-0.39, 0.29) is 19.8 Å². The van der Waals surface area contributed by atoms with Crippen molar-refractivity contribution in [3.63, 3.8) is 0 Å². The van der Waals surface area contributed by atoms with Crippen molar-refractivity contribution in [3.8, 4) is 23.0 Å². The van der Waals surface area contributed by atoms with E-state index in [4.69, 9.17) is 18.9 Å². The van der Waals surface area contributed by atoms with E-state index in [9.17, 15) is 14.7 Å². The molecule has 2 heterocycles. The van der Waals surface area contributed by atoms with Gasteiger partial charge in [0.1, 0.15) is 13.2 Å². The van der Waals surface area contributed by atoms with Crippen LogP contribution in [0, 0.1) is 0 Å². The Kier molecular flexibility index (Phi) is 5.39. The molecule has 1 atom stereocenters. The van der Waals surface area contributed by atoms with Gasteiger partial charge in [0.2, 0.25) is 6.79 Å². The molecule has 0 aromatic heterocycles. The van der Waals surface area contributed by atoms with Crippen LogP contribution in [0.2, 0.25) is 0 Å². The van der Waals surface area contributed by atoms with Crippen LogP contribution in [-0.2, 0) is 9.59 Å². The maximum Gasteiger partial charge on any atom is 0.313 e. The van der Waals surface area contributed by atoms with Gasteiger partial charge in [-0.1, -0.05) is 6.07 Å². The molecule has 0 saturated carbocycles. The van der Waals surface area contributed by atoms with Crippen LogP contribution in [0.25, 0.3) is 0 Å². The van der Waals surface area contributed by atoms with Crippen LogP contribution in [0.5, 0.6) is 23.0 Å². The Hall–Kier alpha value is -3.46. The molecule has 2 amide bonds. The standard InChI is InChI=1S/C20H20N2O7/c23-14(12-1-3-16-17(9-12)29-11-28-16)5-6-21-19(24)20(25)22-13-2-4-15-18(10-13)27-8-7-26-15/h1-4,9-10,14,23H,5-8,11H2,(H,21,24)(H,22,25). The topological polar surface area (TPSA) is 115 Å². The first kappa shape index (κ1) is 18.9. The number of carbonyl (C=O) groups is 2. The highest BCUT2D eigenvalue weighted by molar-refractivity contribution is 6.39.